The van der Waals surface area contributed by atoms with E-state index in [1.807, 2.05) is 25.8 Å². The maximum absolute atomic E-state index is 12.8. The molecule has 0 radical (unpaired) electrons. The lowest BCUT2D eigenvalue weighted by Gasteiger charge is -2.33. The van der Waals surface area contributed by atoms with Crippen LogP contribution in [0, 0.1) is 5.92 Å². The highest BCUT2D eigenvalue weighted by molar-refractivity contribution is 7.15. The van der Waals surface area contributed by atoms with Crippen LogP contribution >= 0.6 is 22.9 Å². The van der Waals surface area contributed by atoms with E-state index < -0.39 is 0 Å². The second-order valence-electron chi connectivity index (χ2n) is 7.52. The minimum atomic E-state index is -0.0399. The van der Waals surface area contributed by atoms with Gasteiger partial charge in [0.1, 0.15) is 0 Å². The first-order chi connectivity index (χ1) is 13.6. The van der Waals surface area contributed by atoms with Gasteiger partial charge in [0.2, 0.25) is 11.8 Å². The van der Waals surface area contributed by atoms with Crippen molar-refractivity contribution in [2.45, 2.75) is 38.5 Å². The monoisotopic (exact) mass is 420 g/mol. The molecule has 0 bridgehead atoms. The third kappa shape index (κ3) is 4.10. The van der Waals surface area contributed by atoms with Crippen molar-refractivity contribution < 1.29 is 9.59 Å². The second kappa shape index (κ2) is 8.66. The van der Waals surface area contributed by atoms with Crippen LogP contribution in [0.4, 0.5) is 0 Å². The summed E-state index contributed by atoms with van der Waals surface area (Å²) in [4.78, 5) is 34.3. The van der Waals surface area contributed by atoms with Crippen molar-refractivity contribution >= 4 is 45.8 Å². The number of piperidine rings is 1. The fraction of sp³-hybridized carbons (Fsp3) is 0.550. The third-order valence-corrected chi connectivity index (χ3v) is 6.75. The van der Waals surface area contributed by atoms with Gasteiger partial charge in [-0.1, -0.05) is 24.4 Å². The molecule has 0 unspecified atom stereocenters. The first-order valence-corrected chi connectivity index (χ1v) is 11.3. The summed E-state index contributed by atoms with van der Waals surface area (Å²) in [6.07, 6.45) is 11.3. The number of likely N-dealkylation sites (tertiary alicyclic amines) is 2. The Hall–Kier alpha value is -1.86. The van der Waals surface area contributed by atoms with E-state index in [-0.39, 0.29) is 17.7 Å². The zero-order valence-electron chi connectivity index (χ0n) is 15.8. The number of carbonyl (C=O) groups is 2. The van der Waals surface area contributed by atoms with E-state index in [0.717, 1.165) is 49.4 Å². The number of amides is 2. The maximum atomic E-state index is 12.8. The molecule has 0 N–H and O–H groups in total. The zero-order valence-corrected chi connectivity index (χ0v) is 17.4. The molecule has 28 heavy (non-hydrogen) atoms. The number of aromatic nitrogens is 2. The smallest absolute Gasteiger partial charge is 0.246 e. The Morgan fingerprint density at radius 1 is 1.07 bits per heavy atom. The van der Waals surface area contributed by atoms with Crippen molar-refractivity contribution in [3.8, 4) is 0 Å². The minimum absolute atomic E-state index is 0.0399. The van der Waals surface area contributed by atoms with Gasteiger partial charge in [-0.2, -0.15) is 0 Å². The molecule has 0 saturated carbocycles. The summed E-state index contributed by atoms with van der Waals surface area (Å²) in [5, 5.41) is 2.34. The topological polar surface area (TPSA) is 57.9 Å². The van der Waals surface area contributed by atoms with Crippen molar-refractivity contribution in [2.75, 3.05) is 26.2 Å². The van der Waals surface area contributed by atoms with E-state index in [4.69, 9.17) is 11.6 Å². The quantitative estimate of drug-likeness (QED) is 0.711. The molecular formula is C20H25ClN4O2S. The lowest BCUT2D eigenvalue weighted by molar-refractivity contribution is -0.139. The molecule has 2 aliphatic rings. The Labute approximate surface area is 173 Å². The van der Waals surface area contributed by atoms with E-state index in [2.05, 4.69) is 4.98 Å². The first-order valence-electron chi connectivity index (χ1n) is 10.0. The summed E-state index contributed by atoms with van der Waals surface area (Å²) >= 11 is 7.68. The second-order valence-corrected chi connectivity index (χ2v) is 8.75. The molecule has 4 heterocycles. The molecule has 4 rings (SSSR count). The molecule has 2 amide bonds. The van der Waals surface area contributed by atoms with Gasteiger partial charge in [-0.05, 0) is 31.8 Å². The Kier molecular flexibility index (Phi) is 6.01. The Bertz CT molecular complexity index is 874. The average molecular weight is 421 g/mol. The average Bonchev–Trinajstić information content (AvgIpc) is 3.14. The van der Waals surface area contributed by atoms with Crippen molar-refractivity contribution in [3.63, 3.8) is 0 Å². The number of carbonyl (C=O) groups excluding carboxylic acids is 2. The number of hydrogen-bond acceptors (Lipinski definition) is 4. The summed E-state index contributed by atoms with van der Waals surface area (Å²) in [5.74, 6) is 0.304. The predicted molar refractivity (Wildman–Crippen MR) is 111 cm³/mol. The van der Waals surface area contributed by atoms with E-state index in [1.54, 1.807) is 12.2 Å². The van der Waals surface area contributed by atoms with Crippen LogP contribution < -0.4 is 0 Å². The molecule has 150 valence electrons. The van der Waals surface area contributed by atoms with Gasteiger partial charge in [0.15, 0.2) is 10.1 Å². The number of halogens is 1. The van der Waals surface area contributed by atoms with E-state index in [0.29, 0.717) is 18.2 Å². The highest BCUT2D eigenvalue weighted by Crippen LogP contribution is 2.24. The van der Waals surface area contributed by atoms with Crippen LogP contribution in [0.2, 0.25) is 5.15 Å². The van der Waals surface area contributed by atoms with Gasteiger partial charge in [-0.25, -0.2) is 4.98 Å². The minimum Gasteiger partial charge on any atom is -0.342 e. The van der Waals surface area contributed by atoms with Gasteiger partial charge < -0.3 is 9.80 Å². The van der Waals surface area contributed by atoms with Crippen LogP contribution in [0.5, 0.6) is 0 Å². The van der Waals surface area contributed by atoms with Gasteiger partial charge in [0.05, 0.1) is 5.69 Å². The van der Waals surface area contributed by atoms with Gasteiger partial charge in [-0.3, -0.25) is 14.0 Å². The molecule has 2 saturated heterocycles. The predicted octanol–water partition coefficient (Wildman–Crippen LogP) is 3.70. The molecule has 2 fully saturated rings. The van der Waals surface area contributed by atoms with Crippen molar-refractivity contribution in [3.05, 3.63) is 28.5 Å². The molecule has 8 heteroatoms. The van der Waals surface area contributed by atoms with Crippen molar-refractivity contribution in [2.24, 2.45) is 5.92 Å². The van der Waals surface area contributed by atoms with E-state index in [9.17, 15) is 9.59 Å². The number of rotatable bonds is 3. The highest BCUT2D eigenvalue weighted by atomic mass is 35.5. The fourth-order valence-corrected chi connectivity index (χ4v) is 5.08. The van der Waals surface area contributed by atoms with Crippen LogP contribution in [0.3, 0.4) is 0 Å². The summed E-state index contributed by atoms with van der Waals surface area (Å²) in [6.45, 7) is 3.04. The number of thiazole rings is 1. The molecule has 2 aromatic rings. The Balaban J connectivity index is 1.33. The zero-order chi connectivity index (χ0) is 19.5. The highest BCUT2D eigenvalue weighted by Gasteiger charge is 2.29. The number of fused-ring (bicyclic) bond motifs is 1. The third-order valence-electron chi connectivity index (χ3n) is 5.71. The van der Waals surface area contributed by atoms with Crippen molar-refractivity contribution in [1.29, 1.82) is 0 Å². The maximum Gasteiger partial charge on any atom is 0.246 e. The Morgan fingerprint density at radius 3 is 2.50 bits per heavy atom. The summed E-state index contributed by atoms with van der Waals surface area (Å²) in [7, 11) is 0. The van der Waals surface area contributed by atoms with Crippen molar-refractivity contribution in [1.82, 2.24) is 19.2 Å². The fourth-order valence-electron chi connectivity index (χ4n) is 4.08. The molecule has 2 aromatic heterocycles. The van der Waals surface area contributed by atoms with Crippen LogP contribution in [-0.4, -0.2) is 57.2 Å². The van der Waals surface area contributed by atoms with Crippen LogP contribution in [0.25, 0.3) is 11.0 Å². The lowest BCUT2D eigenvalue weighted by atomic mass is 9.95. The summed E-state index contributed by atoms with van der Waals surface area (Å²) in [6, 6.07) is 0. The van der Waals surface area contributed by atoms with Gasteiger partial charge in [0.25, 0.3) is 0 Å². The molecule has 0 aliphatic carbocycles. The van der Waals surface area contributed by atoms with Crippen LogP contribution in [-0.2, 0) is 9.59 Å². The SMILES string of the molecule is O=C(/C=C/c1c(Cl)nc2sccn12)N1CCC(C(=O)N2CCCCCC2)CC1. The number of nitrogens with zero attached hydrogens (tertiary/aromatic N) is 4. The molecular weight excluding hydrogens is 396 g/mol. The molecule has 2 aliphatic heterocycles. The first kappa shape index (κ1) is 19.5. The largest absolute Gasteiger partial charge is 0.342 e. The molecule has 0 spiro atoms. The molecule has 0 aromatic carbocycles. The lowest BCUT2D eigenvalue weighted by Crippen LogP contribution is -2.44. The Morgan fingerprint density at radius 2 is 1.79 bits per heavy atom. The number of imidazole rings is 1. The molecule has 0 atom stereocenters. The normalized spacial score (nSPS) is 19.5. The molecule has 6 nitrogen and oxygen atoms in total. The van der Waals surface area contributed by atoms with Gasteiger partial charge >= 0.3 is 0 Å². The van der Waals surface area contributed by atoms with Crippen LogP contribution in [0.15, 0.2) is 17.7 Å². The van der Waals surface area contributed by atoms with Crippen LogP contribution in [0.1, 0.15) is 44.2 Å². The van der Waals surface area contributed by atoms with Gasteiger partial charge in [0, 0.05) is 49.7 Å². The summed E-state index contributed by atoms with van der Waals surface area (Å²) in [5.41, 5.74) is 0.720. The van der Waals surface area contributed by atoms with E-state index >= 15 is 0 Å². The summed E-state index contributed by atoms with van der Waals surface area (Å²) < 4.78 is 1.88. The van der Waals surface area contributed by atoms with E-state index in [1.165, 1.54) is 24.2 Å². The van der Waals surface area contributed by atoms with Gasteiger partial charge in [-0.15, -0.1) is 11.3 Å². The number of hydrogen-bond donors (Lipinski definition) is 0. The standard InChI is InChI=1S/C20H25ClN4O2S/c21-18-16(25-13-14-28-20(25)22-18)5-6-17(26)23-11-7-15(8-12-23)19(27)24-9-3-1-2-4-10-24/h5-6,13-15H,1-4,7-12H2/b6-5+.